The molecule has 8 nitrogen and oxygen atoms in total. The van der Waals surface area contributed by atoms with Crippen LogP contribution in [0.5, 0.6) is 5.75 Å². The topological polar surface area (TPSA) is 98.9 Å². The van der Waals surface area contributed by atoms with Gasteiger partial charge in [-0.15, -0.1) is 0 Å². The molecule has 1 aliphatic heterocycles. The van der Waals surface area contributed by atoms with E-state index < -0.39 is 0 Å². The number of imidazole rings is 2. The number of methoxy groups -OCH3 is 1. The smallest absolute Gasteiger partial charge is 0.246 e. The first-order valence-electron chi connectivity index (χ1n) is 9.26. The second-order valence-electron chi connectivity index (χ2n) is 6.64. The highest BCUT2D eigenvalue weighted by Gasteiger charge is 2.31. The van der Waals surface area contributed by atoms with E-state index in [0.29, 0.717) is 19.5 Å². The van der Waals surface area contributed by atoms with E-state index in [0.717, 1.165) is 47.0 Å². The molecular formula is C19H24N6O2. The molecule has 2 aromatic heterocycles. The normalized spacial score (nSPS) is 16.3. The molecule has 3 aromatic rings. The Bertz CT molecular complexity index is 947. The fourth-order valence-electron chi connectivity index (χ4n) is 3.56. The van der Waals surface area contributed by atoms with E-state index in [4.69, 9.17) is 4.74 Å². The molecule has 142 valence electrons. The van der Waals surface area contributed by atoms with Crippen molar-refractivity contribution in [1.29, 1.82) is 0 Å². The lowest BCUT2D eigenvalue weighted by Crippen LogP contribution is -2.44. The van der Waals surface area contributed by atoms with E-state index in [2.05, 4.69) is 25.3 Å². The average Bonchev–Trinajstić information content (AvgIpc) is 3.33. The third-order valence-corrected chi connectivity index (χ3v) is 5.05. The van der Waals surface area contributed by atoms with E-state index >= 15 is 0 Å². The minimum absolute atomic E-state index is 0.0586. The number of rotatable bonds is 6. The minimum atomic E-state index is -0.375. The maximum absolute atomic E-state index is 13.0. The molecule has 0 saturated carbocycles. The van der Waals surface area contributed by atoms with Gasteiger partial charge >= 0.3 is 0 Å². The molecule has 1 amide bonds. The summed E-state index contributed by atoms with van der Waals surface area (Å²) >= 11 is 0. The van der Waals surface area contributed by atoms with Crippen LogP contribution in [0.1, 0.15) is 30.2 Å². The van der Waals surface area contributed by atoms with E-state index in [1.807, 2.05) is 30.0 Å². The van der Waals surface area contributed by atoms with E-state index in [-0.39, 0.29) is 11.9 Å². The molecule has 8 heteroatoms. The Morgan fingerprint density at radius 2 is 2.30 bits per heavy atom. The molecule has 1 aromatic carbocycles. The lowest BCUT2D eigenvalue weighted by atomic mass is 10.0. The number of likely N-dealkylation sites (N-methyl/N-ethyl adjacent to an activating group) is 1. The predicted octanol–water partition coefficient (Wildman–Crippen LogP) is 1.57. The summed E-state index contributed by atoms with van der Waals surface area (Å²) < 4.78 is 5.25. The van der Waals surface area contributed by atoms with Crippen LogP contribution in [-0.2, 0) is 17.6 Å². The lowest BCUT2D eigenvalue weighted by molar-refractivity contribution is -0.133. The fraction of sp³-hybridized carbons (Fsp3) is 0.421. The van der Waals surface area contributed by atoms with Crippen molar-refractivity contribution in [2.45, 2.75) is 25.8 Å². The van der Waals surface area contributed by atoms with Crippen molar-refractivity contribution in [3.63, 3.8) is 0 Å². The van der Waals surface area contributed by atoms with Crippen LogP contribution >= 0.6 is 0 Å². The fourth-order valence-corrected chi connectivity index (χ4v) is 3.56. The summed E-state index contributed by atoms with van der Waals surface area (Å²) in [5, 5.41) is 3.30. The first-order valence-corrected chi connectivity index (χ1v) is 9.26. The summed E-state index contributed by atoms with van der Waals surface area (Å²) in [4.78, 5) is 30.3. The van der Waals surface area contributed by atoms with Crippen molar-refractivity contribution in [1.82, 2.24) is 30.2 Å². The Kier molecular flexibility index (Phi) is 4.81. The van der Waals surface area contributed by atoms with E-state index in [1.54, 1.807) is 13.4 Å². The molecule has 0 saturated heterocycles. The lowest BCUT2D eigenvalue weighted by Gasteiger charge is -2.28. The number of aromatic amines is 2. The van der Waals surface area contributed by atoms with Crippen LogP contribution in [0.3, 0.4) is 0 Å². The quantitative estimate of drug-likeness (QED) is 0.613. The monoisotopic (exact) mass is 368 g/mol. The number of benzene rings is 1. The molecule has 1 unspecified atom stereocenters. The third kappa shape index (κ3) is 3.40. The van der Waals surface area contributed by atoms with Gasteiger partial charge in [0.25, 0.3) is 0 Å². The van der Waals surface area contributed by atoms with Gasteiger partial charge in [0.15, 0.2) is 0 Å². The molecule has 27 heavy (non-hydrogen) atoms. The SMILES string of the molecule is CCN(CCc1nc2ccc(OC)cc2[nH]1)C(=O)C1NCCc2[nH]cnc21. The van der Waals surface area contributed by atoms with Crippen molar-refractivity contribution in [2.75, 3.05) is 26.7 Å². The number of fused-ring (bicyclic) bond motifs is 2. The predicted molar refractivity (Wildman–Crippen MR) is 102 cm³/mol. The van der Waals surface area contributed by atoms with Crippen molar-refractivity contribution < 1.29 is 9.53 Å². The van der Waals surface area contributed by atoms with E-state index in [9.17, 15) is 4.79 Å². The van der Waals surface area contributed by atoms with Crippen LogP contribution in [0.15, 0.2) is 24.5 Å². The minimum Gasteiger partial charge on any atom is -0.497 e. The third-order valence-electron chi connectivity index (χ3n) is 5.05. The molecule has 0 fully saturated rings. The van der Waals surface area contributed by atoms with Crippen LogP contribution in [-0.4, -0.2) is 57.5 Å². The number of ether oxygens (including phenoxy) is 1. The van der Waals surface area contributed by atoms with Gasteiger partial charge in [0.2, 0.25) is 5.91 Å². The Morgan fingerprint density at radius 1 is 1.41 bits per heavy atom. The summed E-state index contributed by atoms with van der Waals surface area (Å²) in [5.74, 6) is 1.71. The summed E-state index contributed by atoms with van der Waals surface area (Å²) in [6.45, 7) is 4.01. The highest BCUT2D eigenvalue weighted by Crippen LogP contribution is 2.22. The Morgan fingerprint density at radius 3 is 3.11 bits per heavy atom. The van der Waals surface area contributed by atoms with Gasteiger partial charge in [-0.05, 0) is 19.1 Å². The van der Waals surface area contributed by atoms with Crippen molar-refractivity contribution >= 4 is 16.9 Å². The van der Waals surface area contributed by atoms with Crippen LogP contribution in [0.4, 0.5) is 0 Å². The van der Waals surface area contributed by atoms with Crippen LogP contribution in [0.25, 0.3) is 11.0 Å². The van der Waals surface area contributed by atoms with Gasteiger partial charge in [-0.3, -0.25) is 4.79 Å². The second kappa shape index (κ2) is 7.40. The van der Waals surface area contributed by atoms with Gasteiger partial charge in [0, 0.05) is 44.2 Å². The largest absolute Gasteiger partial charge is 0.497 e. The molecule has 4 rings (SSSR count). The molecule has 0 bridgehead atoms. The number of aromatic nitrogens is 4. The Hall–Kier alpha value is -2.87. The zero-order chi connectivity index (χ0) is 18.8. The summed E-state index contributed by atoms with van der Waals surface area (Å²) in [5.41, 5.74) is 3.71. The number of carbonyl (C=O) groups is 1. The summed E-state index contributed by atoms with van der Waals surface area (Å²) in [7, 11) is 1.65. The number of hydrogen-bond donors (Lipinski definition) is 3. The number of hydrogen-bond acceptors (Lipinski definition) is 5. The first-order chi connectivity index (χ1) is 13.2. The molecule has 1 atom stereocenters. The molecule has 0 radical (unpaired) electrons. The van der Waals surface area contributed by atoms with Gasteiger partial charge in [0.05, 0.1) is 30.2 Å². The number of nitrogens with zero attached hydrogens (tertiary/aromatic N) is 3. The number of amides is 1. The summed E-state index contributed by atoms with van der Waals surface area (Å²) in [6, 6.07) is 5.38. The zero-order valence-corrected chi connectivity index (χ0v) is 15.6. The van der Waals surface area contributed by atoms with Gasteiger partial charge in [-0.1, -0.05) is 0 Å². The molecule has 0 aliphatic carbocycles. The molecule has 1 aliphatic rings. The second-order valence-corrected chi connectivity index (χ2v) is 6.64. The highest BCUT2D eigenvalue weighted by atomic mass is 16.5. The van der Waals surface area contributed by atoms with Crippen molar-refractivity contribution in [2.24, 2.45) is 0 Å². The van der Waals surface area contributed by atoms with Gasteiger partial charge < -0.3 is 24.9 Å². The summed E-state index contributed by atoms with van der Waals surface area (Å²) in [6.07, 6.45) is 3.20. The van der Waals surface area contributed by atoms with Crippen LogP contribution in [0.2, 0.25) is 0 Å². The van der Waals surface area contributed by atoms with Crippen molar-refractivity contribution in [3.8, 4) is 5.75 Å². The molecule has 0 spiro atoms. The van der Waals surface area contributed by atoms with Gasteiger partial charge in [0.1, 0.15) is 17.6 Å². The number of carbonyl (C=O) groups excluding carboxylic acids is 1. The maximum Gasteiger partial charge on any atom is 0.246 e. The number of H-pyrrole nitrogens is 2. The van der Waals surface area contributed by atoms with Crippen LogP contribution < -0.4 is 10.1 Å². The van der Waals surface area contributed by atoms with Gasteiger partial charge in [-0.2, -0.15) is 0 Å². The van der Waals surface area contributed by atoms with Crippen LogP contribution in [0, 0.1) is 0 Å². The molecular weight excluding hydrogens is 344 g/mol. The van der Waals surface area contributed by atoms with Crippen molar-refractivity contribution in [3.05, 3.63) is 41.7 Å². The Balaban J connectivity index is 1.46. The maximum atomic E-state index is 13.0. The molecule has 3 heterocycles. The van der Waals surface area contributed by atoms with Gasteiger partial charge in [-0.25, -0.2) is 9.97 Å². The number of nitrogens with one attached hydrogen (secondary N) is 3. The average molecular weight is 368 g/mol. The zero-order valence-electron chi connectivity index (χ0n) is 15.6. The molecule has 3 N–H and O–H groups in total. The van der Waals surface area contributed by atoms with E-state index in [1.165, 1.54) is 0 Å². The highest BCUT2D eigenvalue weighted by molar-refractivity contribution is 5.83. The first kappa shape index (κ1) is 17.5. The standard InChI is InChI=1S/C19H24N6O2/c1-3-25(19(26)18-17-14(6-8-20-18)21-11-22-17)9-7-16-23-13-5-4-12(27-2)10-15(13)24-16/h4-5,10-11,18,20H,3,6-9H2,1-2H3,(H,21,22)(H,23,24). The Labute approximate surface area is 157 Å².